The lowest BCUT2D eigenvalue weighted by atomic mass is 10.1. The summed E-state index contributed by atoms with van der Waals surface area (Å²) in [5.74, 6) is -7.16. The predicted molar refractivity (Wildman–Crippen MR) is 198 cm³/mol. The van der Waals surface area contributed by atoms with Gasteiger partial charge in [-0.1, -0.05) is 75.4 Å². The van der Waals surface area contributed by atoms with Crippen LogP contribution in [0.4, 0.5) is 0 Å². The fourth-order valence-electron chi connectivity index (χ4n) is 4.21. The fraction of sp³-hybridized carbons (Fsp3) is 0.459. The molecule has 55 heavy (non-hydrogen) atoms. The van der Waals surface area contributed by atoms with E-state index in [1.165, 1.54) is 36.4 Å². The van der Waals surface area contributed by atoms with Crippen LogP contribution in [0.5, 0.6) is 11.5 Å². The van der Waals surface area contributed by atoms with E-state index in [2.05, 4.69) is 31.9 Å². The third-order valence-corrected chi connectivity index (χ3v) is 8.02. The van der Waals surface area contributed by atoms with Gasteiger partial charge in [0, 0.05) is 23.5 Å². The Labute approximate surface area is 334 Å². The van der Waals surface area contributed by atoms with E-state index in [1.807, 2.05) is 0 Å². The minimum atomic E-state index is -1.07. The van der Waals surface area contributed by atoms with Crippen LogP contribution in [0.1, 0.15) is 78.5 Å². The molecule has 16 nitrogen and oxygen atoms in total. The van der Waals surface area contributed by atoms with Crippen molar-refractivity contribution in [2.45, 2.75) is 57.8 Å². The summed E-state index contributed by atoms with van der Waals surface area (Å²) in [6.07, 6.45) is 6.15. The van der Waals surface area contributed by atoms with E-state index < -0.39 is 87.4 Å². The number of carbonyl (C=O) groups excluding carboxylic acids is 8. The van der Waals surface area contributed by atoms with E-state index in [-0.39, 0.29) is 35.5 Å². The Morgan fingerprint density at radius 2 is 0.745 bits per heavy atom. The lowest BCUT2D eigenvalue weighted by molar-refractivity contribution is -0.165. The predicted octanol–water partition coefficient (Wildman–Crippen LogP) is 4.98. The van der Waals surface area contributed by atoms with Crippen LogP contribution in [0.2, 0.25) is 0 Å². The highest BCUT2D eigenvalue weighted by molar-refractivity contribution is 9.09. The number of alkyl halides is 2. The first-order valence-corrected chi connectivity index (χ1v) is 19.5. The summed E-state index contributed by atoms with van der Waals surface area (Å²) in [7, 11) is 0. The van der Waals surface area contributed by atoms with Crippen LogP contribution in [-0.2, 0) is 57.2 Å². The van der Waals surface area contributed by atoms with Crippen molar-refractivity contribution in [2.24, 2.45) is 0 Å². The molecule has 0 aliphatic carbocycles. The number of unbranched alkanes of at least 4 members (excludes halogenated alkanes) is 5. The van der Waals surface area contributed by atoms with E-state index in [1.54, 1.807) is 12.1 Å². The fourth-order valence-corrected chi connectivity index (χ4v) is 5.01. The number of ether oxygens (including phenoxy) is 8. The number of hydrogen-bond acceptors (Lipinski definition) is 16. The second kappa shape index (κ2) is 27.7. The Hall–Kier alpha value is -4.84. The Morgan fingerprint density at radius 3 is 1.16 bits per heavy atom. The molecule has 0 unspecified atom stereocenters. The molecule has 0 fully saturated rings. The van der Waals surface area contributed by atoms with Crippen LogP contribution in [0, 0.1) is 0 Å². The first-order chi connectivity index (χ1) is 26.5. The average molecular weight is 903 g/mol. The Bertz CT molecular complexity index is 1590. The van der Waals surface area contributed by atoms with Crippen LogP contribution in [0.3, 0.4) is 0 Å². The SMILES string of the molecule is O=C(COC(=O)COC(=O)c1ccccc1OC(=O)CCCCCBr)OCCOC(=O)COC(=O)COC(=O)c1ccccc1OC(=O)CCCCCCBr. The maximum absolute atomic E-state index is 12.5. The van der Waals surface area contributed by atoms with E-state index >= 15 is 0 Å². The molecule has 0 N–H and O–H groups in total. The number of esters is 8. The van der Waals surface area contributed by atoms with Crippen LogP contribution >= 0.6 is 31.9 Å². The van der Waals surface area contributed by atoms with Crippen LogP contribution in [-0.4, -0.2) is 98.1 Å². The zero-order chi connectivity index (χ0) is 40.3. The number of halogens is 2. The molecular weight excluding hydrogens is 860 g/mol. The molecule has 0 aliphatic heterocycles. The largest absolute Gasteiger partial charge is 0.460 e. The van der Waals surface area contributed by atoms with E-state index in [0.717, 1.165) is 42.8 Å². The maximum Gasteiger partial charge on any atom is 0.344 e. The lowest BCUT2D eigenvalue weighted by Gasteiger charge is -2.10. The third-order valence-electron chi connectivity index (χ3n) is 6.89. The molecular formula is C37H42Br2O16. The van der Waals surface area contributed by atoms with Crippen molar-refractivity contribution >= 4 is 79.6 Å². The van der Waals surface area contributed by atoms with Gasteiger partial charge in [-0.25, -0.2) is 28.8 Å². The van der Waals surface area contributed by atoms with E-state index in [9.17, 15) is 38.4 Å². The van der Waals surface area contributed by atoms with Crippen molar-refractivity contribution in [1.29, 1.82) is 0 Å². The molecule has 2 aromatic rings. The first kappa shape index (κ1) is 46.3. The molecule has 0 heterocycles. The summed E-state index contributed by atoms with van der Waals surface area (Å²) in [5.41, 5.74) is -0.170. The van der Waals surface area contributed by atoms with Crippen molar-refractivity contribution in [1.82, 2.24) is 0 Å². The normalized spacial score (nSPS) is 10.4. The Kier molecular flexibility index (Phi) is 23.3. The minimum absolute atomic E-state index is 0.0270. The second-order valence-electron chi connectivity index (χ2n) is 11.2. The van der Waals surface area contributed by atoms with Gasteiger partial charge in [0.1, 0.15) is 35.8 Å². The van der Waals surface area contributed by atoms with Crippen molar-refractivity contribution < 1.29 is 76.3 Å². The zero-order valence-electron chi connectivity index (χ0n) is 29.9. The molecule has 0 atom stereocenters. The Balaban J connectivity index is 1.60. The molecule has 0 amide bonds. The van der Waals surface area contributed by atoms with Crippen LogP contribution < -0.4 is 9.47 Å². The minimum Gasteiger partial charge on any atom is -0.460 e. The van der Waals surface area contributed by atoms with Gasteiger partial charge in [-0.2, -0.15) is 0 Å². The molecule has 300 valence electrons. The van der Waals surface area contributed by atoms with Crippen molar-refractivity contribution in [3.63, 3.8) is 0 Å². The molecule has 0 bridgehead atoms. The highest BCUT2D eigenvalue weighted by Crippen LogP contribution is 2.21. The summed E-state index contributed by atoms with van der Waals surface area (Å²) < 4.78 is 39.4. The summed E-state index contributed by atoms with van der Waals surface area (Å²) in [4.78, 5) is 97.0. The molecule has 0 spiro atoms. The topological polar surface area (TPSA) is 210 Å². The molecule has 2 aromatic carbocycles. The van der Waals surface area contributed by atoms with Crippen LogP contribution in [0.15, 0.2) is 48.5 Å². The lowest BCUT2D eigenvalue weighted by Crippen LogP contribution is -2.24. The maximum atomic E-state index is 12.5. The summed E-state index contributed by atoms with van der Waals surface area (Å²) in [6, 6.07) is 11.7. The van der Waals surface area contributed by atoms with E-state index in [0.29, 0.717) is 12.8 Å². The van der Waals surface area contributed by atoms with Gasteiger partial charge in [0.15, 0.2) is 26.4 Å². The van der Waals surface area contributed by atoms with Gasteiger partial charge < -0.3 is 37.9 Å². The number of hydrogen-bond donors (Lipinski definition) is 0. The summed E-state index contributed by atoms with van der Waals surface area (Å²) in [5, 5.41) is 1.71. The van der Waals surface area contributed by atoms with Gasteiger partial charge >= 0.3 is 47.8 Å². The highest BCUT2D eigenvalue weighted by atomic mass is 79.9. The van der Waals surface area contributed by atoms with E-state index in [4.69, 9.17) is 37.9 Å². The number of carbonyl (C=O) groups is 8. The number of rotatable bonds is 26. The highest BCUT2D eigenvalue weighted by Gasteiger charge is 2.20. The molecule has 0 aliphatic rings. The summed E-state index contributed by atoms with van der Waals surface area (Å²) in [6.45, 7) is -4.24. The van der Waals surface area contributed by atoms with Crippen molar-refractivity contribution in [3.8, 4) is 11.5 Å². The van der Waals surface area contributed by atoms with Crippen molar-refractivity contribution in [2.75, 3.05) is 50.3 Å². The van der Waals surface area contributed by atoms with Gasteiger partial charge in [0.05, 0.1) is 0 Å². The van der Waals surface area contributed by atoms with Gasteiger partial charge in [-0.05, 0) is 49.9 Å². The van der Waals surface area contributed by atoms with Gasteiger partial charge in [0.25, 0.3) is 0 Å². The van der Waals surface area contributed by atoms with Gasteiger partial charge in [0.2, 0.25) is 0 Å². The second-order valence-corrected chi connectivity index (χ2v) is 12.8. The molecule has 18 heteroatoms. The smallest absolute Gasteiger partial charge is 0.344 e. The molecule has 2 rings (SSSR count). The molecule has 0 radical (unpaired) electrons. The molecule has 0 aromatic heterocycles. The first-order valence-electron chi connectivity index (χ1n) is 17.2. The summed E-state index contributed by atoms with van der Waals surface area (Å²) >= 11 is 6.67. The van der Waals surface area contributed by atoms with Gasteiger partial charge in [-0.15, -0.1) is 0 Å². The zero-order valence-corrected chi connectivity index (χ0v) is 33.1. The van der Waals surface area contributed by atoms with Gasteiger partial charge in [-0.3, -0.25) is 9.59 Å². The third kappa shape index (κ3) is 20.4. The average Bonchev–Trinajstić information content (AvgIpc) is 3.18. The number of para-hydroxylation sites is 2. The van der Waals surface area contributed by atoms with Crippen LogP contribution in [0.25, 0.3) is 0 Å². The standard InChI is InChI=1S/C37H42Br2O16/c38-18-10-2-1-4-16-30(40)54-28-14-8-6-12-26(28)36(46)52-24-34(44)50-22-32(42)48-20-21-49-33(43)23-51-35(45)25-53-37(47)27-13-7-9-15-29(27)55-31(41)17-5-3-11-19-39/h6-9,12-15H,1-5,10-11,16-25H2. The monoisotopic (exact) mass is 900 g/mol. The Morgan fingerprint density at radius 1 is 0.400 bits per heavy atom. The number of benzene rings is 2. The quantitative estimate of drug-likeness (QED) is 0.0401. The molecule has 0 saturated carbocycles. The molecule has 0 saturated heterocycles. The van der Waals surface area contributed by atoms with Crippen molar-refractivity contribution in [3.05, 3.63) is 59.7 Å².